The monoisotopic (exact) mass is 251 g/mol. The Balaban J connectivity index is 1.54. The first kappa shape index (κ1) is 12.9. The van der Waals surface area contributed by atoms with Crippen molar-refractivity contribution in [2.45, 2.75) is 63.1 Å². The molecule has 3 aliphatic heterocycles. The Hall–Kier alpha value is -0.120. The van der Waals surface area contributed by atoms with Crippen LogP contribution in [0, 0.1) is 0 Å². The summed E-state index contributed by atoms with van der Waals surface area (Å²) in [6, 6.07) is 2.53. The smallest absolute Gasteiger partial charge is 0.0115 e. The van der Waals surface area contributed by atoms with Gasteiger partial charge < -0.3 is 10.2 Å². The molecule has 3 heteroatoms. The van der Waals surface area contributed by atoms with Crippen LogP contribution in [0.5, 0.6) is 0 Å². The quantitative estimate of drug-likeness (QED) is 0.820. The summed E-state index contributed by atoms with van der Waals surface area (Å²) in [6.07, 6.45) is 9.96. The van der Waals surface area contributed by atoms with E-state index in [9.17, 15) is 0 Å². The molecular formula is C15H29N3. The Labute approximate surface area is 112 Å². The number of piperidine rings is 2. The molecule has 0 aliphatic carbocycles. The Morgan fingerprint density at radius 2 is 1.61 bits per heavy atom. The van der Waals surface area contributed by atoms with Gasteiger partial charge in [-0.1, -0.05) is 6.42 Å². The van der Waals surface area contributed by atoms with Crippen LogP contribution in [0.25, 0.3) is 0 Å². The van der Waals surface area contributed by atoms with Gasteiger partial charge >= 0.3 is 0 Å². The average Bonchev–Trinajstić information content (AvgIpc) is 2.88. The highest BCUT2D eigenvalue weighted by atomic mass is 15.3. The highest BCUT2D eigenvalue weighted by Gasteiger charge is 2.37. The molecule has 2 atom stereocenters. The minimum Gasteiger partial charge on any atom is -0.317 e. The molecule has 3 nitrogen and oxygen atoms in total. The van der Waals surface area contributed by atoms with Crippen LogP contribution in [0.15, 0.2) is 0 Å². The molecule has 0 amide bonds. The van der Waals surface area contributed by atoms with E-state index in [1.165, 1.54) is 71.1 Å². The van der Waals surface area contributed by atoms with Crippen LogP contribution in [0.2, 0.25) is 0 Å². The van der Waals surface area contributed by atoms with Gasteiger partial charge in [-0.2, -0.15) is 0 Å². The SMILES string of the molecule is CNC1CC2CCCC(C1)N2CCN1CCCC1. The first-order chi connectivity index (χ1) is 8.86. The Morgan fingerprint density at radius 3 is 2.22 bits per heavy atom. The van der Waals surface area contributed by atoms with Gasteiger partial charge in [-0.05, 0) is 58.7 Å². The highest BCUT2D eigenvalue weighted by Crippen LogP contribution is 2.33. The largest absolute Gasteiger partial charge is 0.317 e. The number of nitrogens with zero attached hydrogens (tertiary/aromatic N) is 2. The standard InChI is InChI=1S/C15H29N3/c1-16-13-11-14-5-4-6-15(12-13)18(14)10-9-17-7-2-3-8-17/h13-16H,2-12H2,1H3. The molecule has 18 heavy (non-hydrogen) atoms. The molecule has 0 aromatic carbocycles. The summed E-state index contributed by atoms with van der Waals surface area (Å²) in [7, 11) is 2.14. The zero-order chi connectivity index (χ0) is 12.4. The molecule has 3 saturated heterocycles. The molecule has 0 aromatic rings. The number of hydrogen-bond acceptors (Lipinski definition) is 3. The number of nitrogens with one attached hydrogen (secondary N) is 1. The van der Waals surface area contributed by atoms with Crippen molar-refractivity contribution in [1.29, 1.82) is 0 Å². The van der Waals surface area contributed by atoms with Crippen molar-refractivity contribution in [3.8, 4) is 0 Å². The van der Waals surface area contributed by atoms with Crippen LogP contribution in [-0.2, 0) is 0 Å². The fraction of sp³-hybridized carbons (Fsp3) is 1.00. The lowest BCUT2D eigenvalue weighted by molar-refractivity contribution is 0.0202. The van der Waals surface area contributed by atoms with Crippen LogP contribution >= 0.6 is 0 Å². The molecule has 3 rings (SSSR count). The predicted molar refractivity (Wildman–Crippen MR) is 75.9 cm³/mol. The third kappa shape index (κ3) is 2.73. The minimum atomic E-state index is 0.781. The van der Waals surface area contributed by atoms with Gasteiger partial charge in [-0.15, -0.1) is 0 Å². The molecule has 3 aliphatic rings. The maximum Gasteiger partial charge on any atom is 0.0115 e. The van der Waals surface area contributed by atoms with Crippen molar-refractivity contribution in [1.82, 2.24) is 15.1 Å². The number of fused-ring (bicyclic) bond motifs is 2. The summed E-state index contributed by atoms with van der Waals surface area (Å²) in [6.45, 7) is 5.34. The number of hydrogen-bond donors (Lipinski definition) is 1. The highest BCUT2D eigenvalue weighted by molar-refractivity contribution is 4.94. The first-order valence-corrected chi connectivity index (χ1v) is 8.02. The van der Waals surface area contributed by atoms with Crippen molar-refractivity contribution in [2.24, 2.45) is 0 Å². The fourth-order valence-corrected chi connectivity index (χ4v) is 4.34. The second kappa shape index (κ2) is 5.89. The third-order valence-corrected chi connectivity index (χ3v) is 5.41. The zero-order valence-corrected chi connectivity index (χ0v) is 11.9. The second-order valence-electron chi connectivity index (χ2n) is 6.48. The van der Waals surface area contributed by atoms with Crippen molar-refractivity contribution in [2.75, 3.05) is 33.2 Å². The predicted octanol–water partition coefficient (Wildman–Crippen LogP) is 1.69. The molecule has 3 heterocycles. The van der Waals surface area contributed by atoms with Gasteiger partial charge in [0.25, 0.3) is 0 Å². The summed E-state index contributed by atoms with van der Waals surface area (Å²) in [5, 5.41) is 3.51. The van der Waals surface area contributed by atoms with Crippen LogP contribution < -0.4 is 5.32 Å². The van der Waals surface area contributed by atoms with E-state index in [1.807, 2.05) is 0 Å². The van der Waals surface area contributed by atoms with Crippen molar-refractivity contribution in [3.05, 3.63) is 0 Å². The van der Waals surface area contributed by atoms with Gasteiger partial charge in [0.05, 0.1) is 0 Å². The van der Waals surface area contributed by atoms with Gasteiger partial charge in [-0.25, -0.2) is 0 Å². The van der Waals surface area contributed by atoms with Crippen molar-refractivity contribution in [3.63, 3.8) is 0 Å². The Kier molecular flexibility index (Phi) is 4.22. The van der Waals surface area contributed by atoms with Crippen LogP contribution in [0.4, 0.5) is 0 Å². The van der Waals surface area contributed by atoms with E-state index in [1.54, 1.807) is 0 Å². The van der Waals surface area contributed by atoms with E-state index in [0.717, 1.165) is 18.1 Å². The lowest BCUT2D eigenvalue weighted by Crippen LogP contribution is -2.57. The topological polar surface area (TPSA) is 18.5 Å². The number of likely N-dealkylation sites (tertiary alicyclic amines) is 1. The Bertz CT molecular complexity index is 248. The Morgan fingerprint density at radius 1 is 0.944 bits per heavy atom. The lowest BCUT2D eigenvalue weighted by atomic mass is 9.82. The van der Waals surface area contributed by atoms with Crippen molar-refractivity contribution < 1.29 is 0 Å². The van der Waals surface area contributed by atoms with Crippen LogP contribution in [0.3, 0.4) is 0 Å². The van der Waals surface area contributed by atoms with E-state index >= 15 is 0 Å². The molecule has 0 aromatic heterocycles. The molecule has 0 radical (unpaired) electrons. The van der Waals surface area contributed by atoms with E-state index in [0.29, 0.717) is 0 Å². The normalized spacial score (nSPS) is 38.2. The summed E-state index contributed by atoms with van der Waals surface area (Å²) >= 11 is 0. The maximum atomic E-state index is 3.51. The average molecular weight is 251 g/mol. The van der Waals surface area contributed by atoms with E-state index in [2.05, 4.69) is 22.2 Å². The zero-order valence-electron chi connectivity index (χ0n) is 11.9. The molecule has 0 spiro atoms. The maximum absolute atomic E-state index is 3.51. The third-order valence-electron chi connectivity index (χ3n) is 5.41. The first-order valence-electron chi connectivity index (χ1n) is 8.02. The van der Waals surface area contributed by atoms with Gasteiger partial charge in [-0.3, -0.25) is 4.90 Å². The van der Waals surface area contributed by atoms with Crippen LogP contribution in [0.1, 0.15) is 44.9 Å². The molecular weight excluding hydrogens is 222 g/mol. The molecule has 0 saturated carbocycles. The van der Waals surface area contributed by atoms with Gasteiger partial charge in [0, 0.05) is 31.2 Å². The molecule has 2 bridgehead atoms. The second-order valence-corrected chi connectivity index (χ2v) is 6.48. The molecule has 3 fully saturated rings. The van der Waals surface area contributed by atoms with E-state index < -0.39 is 0 Å². The minimum absolute atomic E-state index is 0.781. The van der Waals surface area contributed by atoms with E-state index in [-0.39, 0.29) is 0 Å². The summed E-state index contributed by atoms with van der Waals surface area (Å²) in [5.41, 5.74) is 0. The lowest BCUT2D eigenvalue weighted by Gasteiger charge is -2.49. The summed E-state index contributed by atoms with van der Waals surface area (Å²) in [5.74, 6) is 0. The van der Waals surface area contributed by atoms with Gasteiger partial charge in [0.1, 0.15) is 0 Å². The fourth-order valence-electron chi connectivity index (χ4n) is 4.34. The number of rotatable bonds is 4. The van der Waals surface area contributed by atoms with Gasteiger partial charge in [0.2, 0.25) is 0 Å². The van der Waals surface area contributed by atoms with Crippen molar-refractivity contribution >= 4 is 0 Å². The van der Waals surface area contributed by atoms with E-state index in [4.69, 9.17) is 0 Å². The summed E-state index contributed by atoms with van der Waals surface area (Å²) < 4.78 is 0. The molecule has 2 unspecified atom stereocenters. The van der Waals surface area contributed by atoms with Crippen LogP contribution in [-0.4, -0.2) is 61.2 Å². The molecule has 1 N–H and O–H groups in total. The summed E-state index contributed by atoms with van der Waals surface area (Å²) in [4.78, 5) is 5.52. The van der Waals surface area contributed by atoms with Gasteiger partial charge in [0.15, 0.2) is 0 Å². The molecule has 104 valence electrons.